The molecule has 0 amide bonds. The predicted octanol–water partition coefficient (Wildman–Crippen LogP) is 2.45. The molecule has 0 unspecified atom stereocenters. The van der Waals surface area contributed by atoms with Gasteiger partial charge in [-0.2, -0.15) is 5.10 Å². The second kappa shape index (κ2) is 4.65. The number of hydrogen-bond donors (Lipinski definition) is 1. The molecule has 3 rings (SSSR count). The number of aromatic nitrogens is 4. The molecule has 4 heteroatoms. The molecular formula is C13H16N4. The summed E-state index contributed by atoms with van der Waals surface area (Å²) in [5, 5.41) is 7.38. The van der Waals surface area contributed by atoms with Gasteiger partial charge in [-0.15, -0.1) is 0 Å². The zero-order valence-electron chi connectivity index (χ0n) is 9.76. The van der Waals surface area contributed by atoms with E-state index in [0.29, 0.717) is 5.92 Å². The van der Waals surface area contributed by atoms with E-state index in [4.69, 9.17) is 0 Å². The van der Waals surface area contributed by atoms with Crippen molar-refractivity contribution < 1.29 is 0 Å². The SMILES string of the molecule is c1cncc(Cc2nc(C3CCCC3)n[nH]2)c1. The topological polar surface area (TPSA) is 54.5 Å². The van der Waals surface area contributed by atoms with E-state index < -0.39 is 0 Å². The number of nitrogens with one attached hydrogen (secondary N) is 1. The van der Waals surface area contributed by atoms with Crippen LogP contribution in [0, 0.1) is 0 Å². The van der Waals surface area contributed by atoms with E-state index in [2.05, 4.69) is 26.2 Å². The normalized spacial score (nSPS) is 16.5. The third kappa shape index (κ3) is 2.35. The van der Waals surface area contributed by atoms with Crippen LogP contribution in [0.2, 0.25) is 0 Å². The van der Waals surface area contributed by atoms with Crippen molar-refractivity contribution in [2.75, 3.05) is 0 Å². The summed E-state index contributed by atoms with van der Waals surface area (Å²) in [6.45, 7) is 0. The summed E-state index contributed by atoms with van der Waals surface area (Å²) < 4.78 is 0. The first-order chi connectivity index (χ1) is 8.42. The molecule has 88 valence electrons. The highest BCUT2D eigenvalue weighted by Crippen LogP contribution is 2.31. The van der Waals surface area contributed by atoms with Gasteiger partial charge in [-0.1, -0.05) is 18.9 Å². The van der Waals surface area contributed by atoms with Gasteiger partial charge in [-0.25, -0.2) is 4.98 Å². The van der Waals surface area contributed by atoms with Crippen LogP contribution in [0.5, 0.6) is 0 Å². The number of rotatable bonds is 3. The average molecular weight is 228 g/mol. The fraction of sp³-hybridized carbons (Fsp3) is 0.462. The van der Waals surface area contributed by atoms with Crippen LogP contribution in [0.3, 0.4) is 0 Å². The minimum atomic E-state index is 0.578. The maximum Gasteiger partial charge on any atom is 0.153 e. The molecule has 1 aliphatic rings. The molecule has 1 aliphatic carbocycles. The van der Waals surface area contributed by atoms with Crippen LogP contribution in [-0.4, -0.2) is 20.2 Å². The summed E-state index contributed by atoms with van der Waals surface area (Å²) in [6, 6.07) is 4.01. The van der Waals surface area contributed by atoms with Crippen LogP contribution in [0.25, 0.3) is 0 Å². The van der Waals surface area contributed by atoms with Crippen molar-refractivity contribution in [3.63, 3.8) is 0 Å². The molecule has 2 aromatic rings. The number of H-pyrrole nitrogens is 1. The van der Waals surface area contributed by atoms with Gasteiger partial charge in [0.1, 0.15) is 5.82 Å². The van der Waals surface area contributed by atoms with Crippen molar-refractivity contribution in [2.45, 2.75) is 38.0 Å². The Morgan fingerprint density at radius 2 is 2.18 bits per heavy atom. The van der Waals surface area contributed by atoms with E-state index in [1.165, 1.54) is 31.2 Å². The zero-order chi connectivity index (χ0) is 11.5. The highest BCUT2D eigenvalue weighted by atomic mass is 15.2. The summed E-state index contributed by atoms with van der Waals surface area (Å²) >= 11 is 0. The van der Waals surface area contributed by atoms with Crippen molar-refractivity contribution in [1.82, 2.24) is 20.2 Å². The van der Waals surface area contributed by atoms with Gasteiger partial charge in [0.15, 0.2) is 5.82 Å². The minimum Gasteiger partial charge on any atom is -0.264 e. The third-order valence-corrected chi connectivity index (χ3v) is 3.36. The lowest BCUT2D eigenvalue weighted by Gasteiger charge is -2.00. The smallest absolute Gasteiger partial charge is 0.153 e. The first-order valence-corrected chi connectivity index (χ1v) is 6.22. The van der Waals surface area contributed by atoms with Gasteiger partial charge >= 0.3 is 0 Å². The van der Waals surface area contributed by atoms with Crippen molar-refractivity contribution >= 4 is 0 Å². The Bertz CT molecular complexity index is 471. The molecule has 2 aromatic heterocycles. The molecule has 1 saturated carbocycles. The van der Waals surface area contributed by atoms with E-state index in [9.17, 15) is 0 Å². The summed E-state index contributed by atoms with van der Waals surface area (Å²) in [6.07, 6.45) is 9.56. The van der Waals surface area contributed by atoms with E-state index in [1.807, 2.05) is 12.3 Å². The van der Waals surface area contributed by atoms with E-state index in [1.54, 1.807) is 6.20 Å². The van der Waals surface area contributed by atoms with E-state index >= 15 is 0 Å². The molecule has 0 atom stereocenters. The molecule has 0 aromatic carbocycles. The number of nitrogens with zero attached hydrogens (tertiary/aromatic N) is 3. The predicted molar refractivity (Wildman–Crippen MR) is 64.6 cm³/mol. The van der Waals surface area contributed by atoms with Crippen LogP contribution < -0.4 is 0 Å². The Morgan fingerprint density at radius 1 is 1.29 bits per heavy atom. The molecule has 1 N–H and O–H groups in total. The molecule has 4 nitrogen and oxygen atoms in total. The second-order valence-electron chi connectivity index (χ2n) is 4.66. The Kier molecular flexibility index (Phi) is 2.86. The van der Waals surface area contributed by atoms with Gasteiger partial charge in [0, 0.05) is 24.7 Å². The summed E-state index contributed by atoms with van der Waals surface area (Å²) in [7, 11) is 0. The summed E-state index contributed by atoms with van der Waals surface area (Å²) in [4.78, 5) is 8.70. The number of hydrogen-bond acceptors (Lipinski definition) is 3. The molecular weight excluding hydrogens is 212 g/mol. The van der Waals surface area contributed by atoms with Crippen molar-refractivity contribution in [3.8, 4) is 0 Å². The Labute approximate surface area is 101 Å². The van der Waals surface area contributed by atoms with Crippen molar-refractivity contribution in [3.05, 3.63) is 41.7 Å². The molecule has 0 radical (unpaired) electrons. The van der Waals surface area contributed by atoms with Crippen LogP contribution in [0.15, 0.2) is 24.5 Å². The number of aromatic amines is 1. The molecule has 0 bridgehead atoms. The highest BCUT2D eigenvalue weighted by Gasteiger charge is 2.20. The number of pyridine rings is 1. The standard InChI is InChI=1S/C13H16N4/c1-2-6-11(5-1)13-15-12(16-17-13)8-10-4-3-7-14-9-10/h3-4,7,9,11H,1-2,5-6,8H2,(H,15,16,17). The lowest BCUT2D eigenvalue weighted by Crippen LogP contribution is -1.95. The first kappa shape index (κ1) is 10.4. The van der Waals surface area contributed by atoms with Gasteiger partial charge in [-0.05, 0) is 24.5 Å². The Balaban J connectivity index is 1.72. The van der Waals surface area contributed by atoms with Crippen LogP contribution in [0.4, 0.5) is 0 Å². The summed E-state index contributed by atoms with van der Waals surface area (Å²) in [5.74, 6) is 2.52. The Morgan fingerprint density at radius 3 is 2.94 bits per heavy atom. The molecule has 0 aliphatic heterocycles. The lowest BCUT2D eigenvalue weighted by molar-refractivity contribution is 0.671. The molecule has 1 fully saturated rings. The lowest BCUT2D eigenvalue weighted by atomic mass is 10.1. The molecule has 2 heterocycles. The largest absolute Gasteiger partial charge is 0.264 e. The monoisotopic (exact) mass is 228 g/mol. The second-order valence-corrected chi connectivity index (χ2v) is 4.66. The van der Waals surface area contributed by atoms with Crippen LogP contribution >= 0.6 is 0 Å². The van der Waals surface area contributed by atoms with Gasteiger partial charge < -0.3 is 0 Å². The fourth-order valence-electron chi connectivity index (χ4n) is 2.45. The molecule has 17 heavy (non-hydrogen) atoms. The van der Waals surface area contributed by atoms with Gasteiger partial charge in [0.2, 0.25) is 0 Å². The van der Waals surface area contributed by atoms with Crippen molar-refractivity contribution in [2.24, 2.45) is 0 Å². The third-order valence-electron chi connectivity index (χ3n) is 3.36. The minimum absolute atomic E-state index is 0.578. The fourth-order valence-corrected chi connectivity index (χ4v) is 2.45. The highest BCUT2D eigenvalue weighted by molar-refractivity contribution is 5.14. The Hall–Kier alpha value is -1.71. The summed E-state index contributed by atoms with van der Waals surface area (Å²) in [5.41, 5.74) is 1.17. The average Bonchev–Trinajstić information content (AvgIpc) is 3.00. The van der Waals surface area contributed by atoms with Crippen LogP contribution in [-0.2, 0) is 6.42 Å². The maximum absolute atomic E-state index is 4.59. The molecule has 0 saturated heterocycles. The van der Waals surface area contributed by atoms with E-state index in [-0.39, 0.29) is 0 Å². The van der Waals surface area contributed by atoms with Gasteiger partial charge in [0.05, 0.1) is 0 Å². The zero-order valence-corrected chi connectivity index (χ0v) is 9.76. The quantitative estimate of drug-likeness (QED) is 0.877. The van der Waals surface area contributed by atoms with Gasteiger partial charge in [0.25, 0.3) is 0 Å². The van der Waals surface area contributed by atoms with E-state index in [0.717, 1.165) is 18.1 Å². The first-order valence-electron chi connectivity index (χ1n) is 6.22. The van der Waals surface area contributed by atoms with Crippen LogP contribution in [0.1, 0.15) is 48.8 Å². The van der Waals surface area contributed by atoms with Crippen molar-refractivity contribution in [1.29, 1.82) is 0 Å². The molecule has 0 spiro atoms. The maximum atomic E-state index is 4.59. The van der Waals surface area contributed by atoms with Gasteiger partial charge in [-0.3, -0.25) is 10.1 Å².